The molecule has 0 fully saturated rings. The maximum Gasteiger partial charge on any atom is 0.416 e. The third-order valence-electron chi connectivity index (χ3n) is 3.63. The van der Waals surface area contributed by atoms with Crippen molar-refractivity contribution in [2.45, 2.75) is 12.7 Å². The molecule has 0 radical (unpaired) electrons. The maximum absolute atomic E-state index is 12.8. The summed E-state index contributed by atoms with van der Waals surface area (Å²) in [5.41, 5.74) is -0.598. The number of halogens is 5. The Hall–Kier alpha value is -1.62. The van der Waals surface area contributed by atoms with Gasteiger partial charge < -0.3 is 5.32 Å². The lowest BCUT2D eigenvalue weighted by atomic mass is 10.2. The number of anilines is 1. The van der Waals surface area contributed by atoms with Gasteiger partial charge in [-0.05, 0) is 35.9 Å². The van der Waals surface area contributed by atoms with Crippen molar-refractivity contribution in [1.29, 1.82) is 0 Å². The monoisotopic (exact) mass is 498 g/mol. The van der Waals surface area contributed by atoms with Crippen LogP contribution < -0.4 is 5.32 Å². The van der Waals surface area contributed by atoms with Gasteiger partial charge in [0.05, 0.1) is 29.1 Å². The molecule has 152 valence electrons. The SMILES string of the molecule is CS(=O)(=O)N(CC(=O)Nc1cc(C(F)(F)F)ccc1Cl)Cc1ccc(Br)cc1. The lowest BCUT2D eigenvalue weighted by Gasteiger charge is -2.20. The van der Waals surface area contributed by atoms with Gasteiger partial charge in [0.2, 0.25) is 15.9 Å². The smallest absolute Gasteiger partial charge is 0.324 e. The predicted octanol–water partition coefficient (Wildman–Crippen LogP) is 4.52. The van der Waals surface area contributed by atoms with Gasteiger partial charge in [0.25, 0.3) is 0 Å². The molecule has 0 aliphatic heterocycles. The van der Waals surface area contributed by atoms with E-state index in [9.17, 15) is 26.4 Å². The van der Waals surface area contributed by atoms with Gasteiger partial charge in [-0.25, -0.2) is 8.42 Å². The highest BCUT2D eigenvalue weighted by Crippen LogP contribution is 2.33. The molecule has 0 aliphatic carbocycles. The van der Waals surface area contributed by atoms with Crippen LogP contribution in [0, 0.1) is 0 Å². The van der Waals surface area contributed by atoms with Crippen LogP contribution >= 0.6 is 27.5 Å². The molecule has 11 heteroatoms. The molecule has 28 heavy (non-hydrogen) atoms. The second-order valence-corrected chi connectivity index (χ2v) is 9.20. The molecular weight excluding hydrogens is 485 g/mol. The van der Waals surface area contributed by atoms with Crippen LogP contribution in [0.25, 0.3) is 0 Å². The average Bonchev–Trinajstić information content (AvgIpc) is 2.56. The number of nitrogens with one attached hydrogen (secondary N) is 1. The van der Waals surface area contributed by atoms with Crippen LogP contribution in [0.2, 0.25) is 5.02 Å². The van der Waals surface area contributed by atoms with E-state index in [1.165, 1.54) is 0 Å². The summed E-state index contributed by atoms with van der Waals surface area (Å²) < 4.78 is 64.2. The summed E-state index contributed by atoms with van der Waals surface area (Å²) in [4.78, 5) is 12.3. The minimum absolute atomic E-state index is 0.0736. The Morgan fingerprint density at radius 3 is 2.32 bits per heavy atom. The molecule has 0 spiro atoms. The van der Waals surface area contributed by atoms with Gasteiger partial charge in [-0.2, -0.15) is 17.5 Å². The topological polar surface area (TPSA) is 66.5 Å². The van der Waals surface area contributed by atoms with Gasteiger partial charge >= 0.3 is 6.18 Å². The average molecular weight is 500 g/mol. The molecule has 0 aliphatic rings. The number of sulfonamides is 1. The number of benzene rings is 2. The summed E-state index contributed by atoms with van der Waals surface area (Å²) in [5, 5.41) is 2.14. The molecule has 0 aromatic heterocycles. The van der Waals surface area contributed by atoms with Gasteiger partial charge in [0.15, 0.2) is 0 Å². The second kappa shape index (κ2) is 8.81. The minimum atomic E-state index is -4.61. The molecule has 0 unspecified atom stereocenters. The summed E-state index contributed by atoms with van der Waals surface area (Å²) in [6.07, 6.45) is -3.67. The van der Waals surface area contributed by atoms with E-state index in [1.807, 2.05) is 0 Å². The minimum Gasteiger partial charge on any atom is -0.324 e. The van der Waals surface area contributed by atoms with Crippen LogP contribution in [0.3, 0.4) is 0 Å². The van der Waals surface area contributed by atoms with Crippen molar-refractivity contribution in [2.75, 3.05) is 18.1 Å². The maximum atomic E-state index is 12.8. The molecule has 0 saturated carbocycles. The van der Waals surface area contributed by atoms with Crippen molar-refractivity contribution in [3.05, 3.63) is 63.1 Å². The molecule has 2 rings (SSSR count). The number of carbonyl (C=O) groups is 1. The second-order valence-electron chi connectivity index (χ2n) is 5.90. The molecule has 0 bridgehead atoms. The Bertz CT molecular complexity index is 967. The van der Waals surface area contributed by atoms with Crippen LogP contribution in [0.4, 0.5) is 18.9 Å². The van der Waals surface area contributed by atoms with Gasteiger partial charge in [-0.3, -0.25) is 4.79 Å². The highest BCUT2D eigenvalue weighted by molar-refractivity contribution is 9.10. The first-order chi connectivity index (χ1) is 12.9. The molecule has 1 amide bonds. The molecule has 0 heterocycles. The summed E-state index contributed by atoms with van der Waals surface area (Å²) in [6, 6.07) is 9.30. The number of hydrogen-bond donors (Lipinski definition) is 1. The number of carbonyl (C=O) groups excluding carboxylic acids is 1. The molecule has 0 saturated heterocycles. The first kappa shape index (κ1) is 22.7. The van der Waals surface area contributed by atoms with Crippen molar-refractivity contribution < 1.29 is 26.4 Å². The fourth-order valence-corrected chi connectivity index (χ4v) is 3.40. The van der Waals surface area contributed by atoms with Crippen LogP contribution in [-0.2, 0) is 27.5 Å². The number of nitrogens with zero attached hydrogens (tertiary/aromatic N) is 1. The van der Waals surface area contributed by atoms with Crippen LogP contribution in [0.5, 0.6) is 0 Å². The van der Waals surface area contributed by atoms with E-state index < -0.39 is 34.2 Å². The van der Waals surface area contributed by atoms with Crippen molar-refractivity contribution in [3.8, 4) is 0 Å². The molecule has 1 N–H and O–H groups in total. The zero-order valence-corrected chi connectivity index (χ0v) is 17.6. The van der Waals surface area contributed by atoms with Gasteiger partial charge in [-0.15, -0.1) is 0 Å². The largest absolute Gasteiger partial charge is 0.416 e. The zero-order valence-electron chi connectivity index (χ0n) is 14.4. The van der Waals surface area contributed by atoms with E-state index in [0.29, 0.717) is 11.6 Å². The summed E-state index contributed by atoms with van der Waals surface area (Å²) >= 11 is 9.11. The fourth-order valence-electron chi connectivity index (χ4n) is 2.23. The zero-order chi connectivity index (χ0) is 21.1. The quantitative estimate of drug-likeness (QED) is 0.635. The van der Waals surface area contributed by atoms with Crippen LogP contribution in [0.15, 0.2) is 46.9 Å². The number of hydrogen-bond acceptors (Lipinski definition) is 3. The summed E-state index contributed by atoms with van der Waals surface area (Å²) in [5.74, 6) is -0.816. The molecular formula is C17H15BrClF3N2O3S. The van der Waals surface area contributed by atoms with E-state index in [2.05, 4.69) is 21.2 Å². The third-order valence-corrected chi connectivity index (χ3v) is 5.68. The van der Waals surface area contributed by atoms with Crippen molar-refractivity contribution in [2.24, 2.45) is 0 Å². The van der Waals surface area contributed by atoms with E-state index in [1.54, 1.807) is 24.3 Å². The van der Waals surface area contributed by atoms with Gasteiger partial charge in [0.1, 0.15) is 0 Å². The Kier molecular flexibility index (Phi) is 7.13. The normalized spacial score (nSPS) is 12.2. The predicted molar refractivity (Wildman–Crippen MR) is 104 cm³/mol. The molecule has 2 aromatic carbocycles. The summed E-state index contributed by atoms with van der Waals surface area (Å²) in [7, 11) is -3.75. The molecule has 0 atom stereocenters. The van der Waals surface area contributed by atoms with Gasteiger partial charge in [0, 0.05) is 11.0 Å². The lowest BCUT2D eigenvalue weighted by molar-refractivity contribution is -0.137. The third kappa shape index (κ3) is 6.47. The lowest BCUT2D eigenvalue weighted by Crippen LogP contribution is -2.37. The standard InChI is InChI=1S/C17H15BrClF3N2O3S/c1-28(26,27)24(9-11-2-5-13(18)6-3-11)10-16(25)23-15-8-12(17(20,21)22)4-7-14(15)19/h2-8H,9-10H2,1H3,(H,23,25). The van der Waals surface area contributed by atoms with E-state index in [0.717, 1.165) is 27.2 Å². The van der Waals surface area contributed by atoms with E-state index in [4.69, 9.17) is 11.6 Å². The highest BCUT2D eigenvalue weighted by atomic mass is 79.9. The first-order valence-electron chi connectivity index (χ1n) is 7.72. The van der Waals surface area contributed by atoms with Crippen LogP contribution in [0.1, 0.15) is 11.1 Å². The number of rotatable bonds is 6. The Morgan fingerprint density at radius 2 is 1.79 bits per heavy atom. The fraction of sp³-hybridized carbons (Fsp3) is 0.235. The molecule has 5 nitrogen and oxygen atoms in total. The Labute approximate surface area is 173 Å². The van der Waals surface area contributed by atoms with Crippen molar-refractivity contribution >= 4 is 49.1 Å². The van der Waals surface area contributed by atoms with Crippen molar-refractivity contribution in [1.82, 2.24) is 4.31 Å². The van der Waals surface area contributed by atoms with E-state index >= 15 is 0 Å². The highest BCUT2D eigenvalue weighted by Gasteiger charge is 2.31. The molecule has 2 aromatic rings. The Morgan fingerprint density at radius 1 is 1.18 bits per heavy atom. The Balaban J connectivity index is 2.17. The number of alkyl halides is 3. The van der Waals surface area contributed by atoms with Crippen LogP contribution in [-0.4, -0.2) is 31.4 Å². The van der Waals surface area contributed by atoms with Gasteiger partial charge in [-0.1, -0.05) is 39.7 Å². The first-order valence-corrected chi connectivity index (χ1v) is 10.7. The van der Waals surface area contributed by atoms with Crippen molar-refractivity contribution in [3.63, 3.8) is 0 Å². The number of amides is 1. The van der Waals surface area contributed by atoms with E-state index in [-0.39, 0.29) is 17.3 Å². The summed E-state index contributed by atoms with van der Waals surface area (Å²) in [6.45, 7) is -0.655.